The number of phosphoric ester groups is 1. The van der Waals surface area contributed by atoms with Gasteiger partial charge in [-0.3, -0.25) is 13.8 Å². The van der Waals surface area contributed by atoms with Gasteiger partial charge in [-0.25, -0.2) is 4.57 Å². The summed E-state index contributed by atoms with van der Waals surface area (Å²) in [7, 11) is 1.68. The van der Waals surface area contributed by atoms with Crippen LogP contribution in [0.4, 0.5) is 0 Å². The van der Waals surface area contributed by atoms with E-state index >= 15 is 0 Å². The molecule has 0 saturated carbocycles. The number of rotatable bonds is 48. The van der Waals surface area contributed by atoms with Gasteiger partial charge in [-0.15, -0.1) is 0 Å². The molecule has 2 unspecified atom stereocenters. The van der Waals surface area contributed by atoms with Crippen LogP contribution in [0.25, 0.3) is 0 Å². The van der Waals surface area contributed by atoms with Gasteiger partial charge in [0, 0.05) is 13.0 Å². The molecule has 9 heteroatoms. The third kappa shape index (κ3) is 48.1. The smallest absolute Gasteiger partial charge is 0.457 e. The molecule has 0 radical (unpaired) electrons. The highest BCUT2D eigenvalue weighted by Gasteiger charge is 2.26. The van der Waals surface area contributed by atoms with Gasteiger partial charge < -0.3 is 18.9 Å². The second-order valence-electron chi connectivity index (χ2n) is 18.6. The van der Waals surface area contributed by atoms with Crippen molar-refractivity contribution in [3.05, 3.63) is 12.2 Å². The zero-order valence-corrected chi connectivity index (χ0v) is 40.9. The highest BCUT2D eigenvalue weighted by atomic mass is 31.2. The van der Waals surface area contributed by atoms with Crippen LogP contribution < -0.4 is 0 Å². The van der Waals surface area contributed by atoms with Crippen molar-refractivity contribution < 1.29 is 37.3 Å². The molecule has 0 aliphatic heterocycles. The van der Waals surface area contributed by atoms with Crippen LogP contribution in [0.1, 0.15) is 245 Å². The quantitative estimate of drug-likeness (QED) is 0.0214. The molecular formula is C50H101NO7P+. The van der Waals surface area contributed by atoms with E-state index in [0.717, 1.165) is 32.1 Å². The second-order valence-corrected chi connectivity index (χ2v) is 20.0. The SMILES string of the molecule is CCCC/C=C\CCCCCCCCOCC(COP(=O)(O)OCC[N+](C)(C)C)OC(=O)CCCCCCCCCCCCCCCCCCCCCCCCCCC. The van der Waals surface area contributed by atoms with Gasteiger partial charge in [0.05, 0.1) is 34.4 Å². The fourth-order valence-corrected chi connectivity index (χ4v) is 8.10. The number of allylic oxidation sites excluding steroid dienone is 2. The van der Waals surface area contributed by atoms with E-state index in [2.05, 4.69) is 26.0 Å². The molecule has 0 aromatic heterocycles. The van der Waals surface area contributed by atoms with Crippen molar-refractivity contribution in [3.63, 3.8) is 0 Å². The van der Waals surface area contributed by atoms with Crippen molar-refractivity contribution in [1.82, 2.24) is 0 Å². The predicted octanol–water partition coefficient (Wildman–Crippen LogP) is 15.4. The highest BCUT2D eigenvalue weighted by molar-refractivity contribution is 7.47. The number of ether oxygens (including phenoxy) is 2. The topological polar surface area (TPSA) is 91.3 Å². The summed E-state index contributed by atoms with van der Waals surface area (Å²) in [5.74, 6) is -0.310. The van der Waals surface area contributed by atoms with Crippen molar-refractivity contribution in [2.75, 3.05) is 54.1 Å². The van der Waals surface area contributed by atoms with Crippen LogP contribution >= 0.6 is 7.82 Å². The Morgan fingerprint density at radius 1 is 0.508 bits per heavy atom. The lowest BCUT2D eigenvalue weighted by Crippen LogP contribution is -2.37. The van der Waals surface area contributed by atoms with Crippen LogP contribution in [-0.2, 0) is 27.9 Å². The average Bonchev–Trinajstić information content (AvgIpc) is 3.19. The monoisotopic (exact) mass is 859 g/mol. The minimum atomic E-state index is -4.27. The zero-order chi connectivity index (χ0) is 43.4. The molecule has 0 rings (SSSR count). The first kappa shape index (κ1) is 58.2. The molecule has 0 aromatic carbocycles. The molecule has 0 aromatic rings. The normalized spacial score (nSPS) is 13.7. The van der Waals surface area contributed by atoms with E-state index in [1.165, 1.54) is 193 Å². The molecule has 8 nitrogen and oxygen atoms in total. The van der Waals surface area contributed by atoms with Crippen LogP contribution in [0.15, 0.2) is 12.2 Å². The Labute approximate surface area is 367 Å². The molecule has 59 heavy (non-hydrogen) atoms. The molecule has 0 saturated heterocycles. The van der Waals surface area contributed by atoms with E-state index in [-0.39, 0.29) is 25.8 Å². The Morgan fingerprint density at radius 2 is 0.898 bits per heavy atom. The zero-order valence-electron chi connectivity index (χ0n) is 40.0. The third-order valence-electron chi connectivity index (χ3n) is 11.3. The van der Waals surface area contributed by atoms with E-state index in [0.29, 0.717) is 24.1 Å². The molecule has 0 fully saturated rings. The molecule has 0 aliphatic carbocycles. The average molecular weight is 859 g/mol. The van der Waals surface area contributed by atoms with E-state index in [1.807, 2.05) is 21.1 Å². The van der Waals surface area contributed by atoms with Gasteiger partial charge in [0.1, 0.15) is 19.3 Å². The second kappa shape index (κ2) is 43.9. The standard InChI is InChI=1S/C50H100NO7P/c1-6-8-10-12-14-16-18-20-21-22-23-24-25-26-27-28-29-30-31-32-33-35-37-39-41-43-50(52)58-49(48-57-59(53,54)56-46-44-51(3,4)5)47-55-45-42-40-38-36-34-19-17-15-13-11-9-7-2/h13,15,49H,6-12,14,16-48H2,1-5H3/p+1/b15-13-. The Bertz CT molecular complexity index is 956. The number of phosphoric acid groups is 1. The summed E-state index contributed by atoms with van der Waals surface area (Å²) in [6, 6.07) is 0. The summed E-state index contributed by atoms with van der Waals surface area (Å²) < 4.78 is 35.1. The van der Waals surface area contributed by atoms with Crippen molar-refractivity contribution >= 4 is 13.8 Å². The lowest BCUT2D eigenvalue weighted by molar-refractivity contribution is -0.870. The summed E-state index contributed by atoms with van der Waals surface area (Å²) >= 11 is 0. The number of esters is 1. The van der Waals surface area contributed by atoms with Crippen molar-refractivity contribution in [2.24, 2.45) is 0 Å². The van der Waals surface area contributed by atoms with Crippen LogP contribution in [0.5, 0.6) is 0 Å². The van der Waals surface area contributed by atoms with Gasteiger partial charge in [-0.05, 0) is 32.1 Å². The summed E-state index contributed by atoms with van der Waals surface area (Å²) in [6.45, 7) is 5.63. The minimum Gasteiger partial charge on any atom is -0.457 e. The molecule has 0 heterocycles. The van der Waals surface area contributed by atoms with Crippen LogP contribution in [-0.4, -0.2) is 75.6 Å². The molecule has 1 N–H and O–H groups in total. The largest absolute Gasteiger partial charge is 0.472 e. The summed E-state index contributed by atoms with van der Waals surface area (Å²) in [6.07, 6.45) is 49.8. The summed E-state index contributed by atoms with van der Waals surface area (Å²) in [5, 5.41) is 0. The predicted molar refractivity (Wildman–Crippen MR) is 252 cm³/mol. The number of hydrogen-bond donors (Lipinski definition) is 1. The first-order valence-electron chi connectivity index (χ1n) is 25.4. The molecule has 352 valence electrons. The van der Waals surface area contributed by atoms with Crippen LogP contribution in [0.2, 0.25) is 0 Å². The van der Waals surface area contributed by atoms with Crippen LogP contribution in [0.3, 0.4) is 0 Å². The number of nitrogens with zero attached hydrogens (tertiary/aromatic N) is 1. The Hall–Kier alpha value is -0.760. The summed E-state index contributed by atoms with van der Waals surface area (Å²) in [4.78, 5) is 22.9. The Morgan fingerprint density at radius 3 is 1.34 bits per heavy atom. The molecular weight excluding hydrogens is 758 g/mol. The lowest BCUT2D eigenvalue weighted by atomic mass is 10.0. The number of likely N-dealkylation sites (N-methyl/N-ethyl adjacent to an activating group) is 1. The molecule has 0 aliphatic rings. The Kier molecular flexibility index (Phi) is 43.3. The lowest BCUT2D eigenvalue weighted by Gasteiger charge is -2.24. The molecule has 0 bridgehead atoms. The number of hydrogen-bond acceptors (Lipinski definition) is 6. The highest BCUT2D eigenvalue weighted by Crippen LogP contribution is 2.43. The van der Waals surface area contributed by atoms with Gasteiger partial charge in [0.25, 0.3) is 0 Å². The Balaban J connectivity index is 4.00. The number of carbonyl (C=O) groups is 1. The number of unbranched alkanes of at least 4 members (excludes halogenated alkanes) is 32. The van der Waals surface area contributed by atoms with Gasteiger partial charge >= 0.3 is 13.8 Å². The molecule has 0 amide bonds. The maximum Gasteiger partial charge on any atom is 0.472 e. The van der Waals surface area contributed by atoms with Gasteiger partial charge in [0.15, 0.2) is 0 Å². The first-order valence-corrected chi connectivity index (χ1v) is 26.9. The fourth-order valence-electron chi connectivity index (χ4n) is 7.36. The van der Waals surface area contributed by atoms with Gasteiger partial charge in [-0.2, -0.15) is 0 Å². The van der Waals surface area contributed by atoms with Crippen LogP contribution in [0, 0.1) is 0 Å². The third-order valence-corrected chi connectivity index (χ3v) is 12.3. The van der Waals surface area contributed by atoms with E-state index < -0.39 is 13.9 Å². The molecule has 2 atom stereocenters. The van der Waals surface area contributed by atoms with E-state index in [9.17, 15) is 14.3 Å². The van der Waals surface area contributed by atoms with E-state index in [1.54, 1.807) is 0 Å². The maximum atomic E-state index is 12.7. The fraction of sp³-hybridized carbons (Fsp3) is 0.940. The minimum absolute atomic E-state index is 0.0908. The van der Waals surface area contributed by atoms with E-state index in [4.69, 9.17) is 18.5 Å². The number of carbonyl (C=O) groups excluding carboxylic acids is 1. The maximum absolute atomic E-state index is 12.7. The number of quaternary nitrogens is 1. The summed E-state index contributed by atoms with van der Waals surface area (Å²) in [5.41, 5.74) is 0. The van der Waals surface area contributed by atoms with Gasteiger partial charge in [0.2, 0.25) is 0 Å². The van der Waals surface area contributed by atoms with Crippen molar-refractivity contribution in [3.8, 4) is 0 Å². The molecule has 0 spiro atoms. The van der Waals surface area contributed by atoms with Crippen molar-refractivity contribution in [2.45, 2.75) is 251 Å². The van der Waals surface area contributed by atoms with Crippen molar-refractivity contribution in [1.29, 1.82) is 0 Å². The first-order chi connectivity index (χ1) is 28.6. The van der Waals surface area contributed by atoms with Gasteiger partial charge in [-0.1, -0.05) is 219 Å².